The van der Waals surface area contributed by atoms with Gasteiger partial charge in [-0.2, -0.15) is 0 Å². The van der Waals surface area contributed by atoms with E-state index in [0.29, 0.717) is 11.7 Å². The van der Waals surface area contributed by atoms with Crippen molar-refractivity contribution in [2.45, 2.75) is 33.1 Å². The molecule has 0 radical (unpaired) electrons. The SMILES string of the molecule is Cc1nnc2n(C)c(=O)c3c4c(sc3n12)CC(C)CC4. The Labute approximate surface area is 119 Å². The fourth-order valence-electron chi connectivity index (χ4n) is 3.18. The van der Waals surface area contributed by atoms with E-state index in [-0.39, 0.29) is 5.56 Å². The van der Waals surface area contributed by atoms with Crippen molar-refractivity contribution in [3.63, 3.8) is 0 Å². The van der Waals surface area contributed by atoms with Crippen molar-refractivity contribution in [3.8, 4) is 0 Å². The van der Waals surface area contributed by atoms with E-state index in [0.717, 1.165) is 28.9 Å². The van der Waals surface area contributed by atoms with Crippen molar-refractivity contribution in [2.75, 3.05) is 0 Å². The molecule has 0 aromatic carbocycles. The van der Waals surface area contributed by atoms with Crippen LogP contribution in [0.3, 0.4) is 0 Å². The van der Waals surface area contributed by atoms with Gasteiger partial charge in [-0.3, -0.25) is 13.8 Å². The van der Waals surface area contributed by atoms with Crippen LogP contribution in [0.15, 0.2) is 4.79 Å². The fraction of sp³-hybridized carbons (Fsp3) is 0.500. The highest BCUT2D eigenvalue weighted by Crippen LogP contribution is 2.36. The van der Waals surface area contributed by atoms with Gasteiger partial charge in [-0.1, -0.05) is 6.92 Å². The Morgan fingerprint density at radius 2 is 2.15 bits per heavy atom. The molecular formula is C14H16N4OS. The Hall–Kier alpha value is -1.69. The standard InChI is InChI=1S/C14H16N4OS/c1-7-4-5-9-10(6-7)20-13-11(9)12(19)17(3)14-16-15-8(2)18(13)14/h7H,4-6H2,1-3H3. The van der Waals surface area contributed by atoms with Crippen molar-refractivity contribution < 1.29 is 0 Å². The third-order valence-electron chi connectivity index (χ3n) is 4.32. The molecule has 0 amide bonds. The van der Waals surface area contributed by atoms with Crippen LogP contribution in [0, 0.1) is 12.8 Å². The maximum Gasteiger partial charge on any atom is 0.263 e. The van der Waals surface area contributed by atoms with Crippen LogP contribution < -0.4 is 5.56 Å². The summed E-state index contributed by atoms with van der Waals surface area (Å²) in [6.07, 6.45) is 3.26. The first-order valence-electron chi connectivity index (χ1n) is 6.93. The molecule has 0 spiro atoms. The number of hydrogen-bond acceptors (Lipinski definition) is 4. The van der Waals surface area contributed by atoms with E-state index in [4.69, 9.17) is 0 Å². The van der Waals surface area contributed by atoms with Gasteiger partial charge in [0.2, 0.25) is 5.78 Å². The maximum absolute atomic E-state index is 12.7. The van der Waals surface area contributed by atoms with Gasteiger partial charge in [0, 0.05) is 11.9 Å². The van der Waals surface area contributed by atoms with Crippen LogP contribution in [0.4, 0.5) is 0 Å². The van der Waals surface area contributed by atoms with Gasteiger partial charge in [-0.05, 0) is 37.7 Å². The second kappa shape index (κ2) is 3.91. The van der Waals surface area contributed by atoms with Crippen LogP contribution in [-0.2, 0) is 19.9 Å². The van der Waals surface area contributed by atoms with Crippen molar-refractivity contribution >= 4 is 27.3 Å². The third kappa shape index (κ3) is 1.40. The monoisotopic (exact) mass is 288 g/mol. The lowest BCUT2D eigenvalue weighted by molar-refractivity contribution is 0.509. The van der Waals surface area contributed by atoms with Crippen LogP contribution in [0.1, 0.15) is 29.6 Å². The zero-order chi connectivity index (χ0) is 14.0. The van der Waals surface area contributed by atoms with Gasteiger partial charge in [0.25, 0.3) is 5.56 Å². The molecule has 3 aromatic rings. The van der Waals surface area contributed by atoms with E-state index in [1.807, 2.05) is 11.3 Å². The number of rotatable bonds is 0. The second-order valence-electron chi connectivity index (χ2n) is 5.78. The van der Waals surface area contributed by atoms with E-state index >= 15 is 0 Å². The van der Waals surface area contributed by atoms with E-state index < -0.39 is 0 Å². The third-order valence-corrected chi connectivity index (χ3v) is 5.56. The molecule has 1 aliphatic carbocycles. The van der Waals surface area contributed by atoms with Gasteiger partial charge in [0.1, 0.15) is 10.7 Å². The molecule has 20 heavy (non-hydrogen) atoms. The lowest BCUT2D eigenvalue weighted by Gasteiger charge is -2.17. The summed E-state index contributed by atoms with van der Waals surface area (Å²) in [6, 6.07) is 0. The van der Waals surface area contributed by atoms with Gasteiger partial charge in [-0.15, -0.1) is 21.5 Å². The van der Waals surface area contributed by atoms with E-state index in [2.05, 4.69) is 17.1 Å². The average molecular weight is 288 g/mol. The molecule has 0 N–H and O–H groups in total. The molecular weight excluding hydrogens is 272 g/mol. The number of nitrogens with zero attached hydrogens (tertiary/aromatic N) is 4. The highest BCUT2D eigenvalue weighted by Gasteiger charge is 2.25. The zero-order valence-electron chi connectivity index (χ0n) is 11.8. The maximum atomic E-state index is 12.7. The normalized spacial score (nSPS) is 18.9. The van der Waals surface area contributed by atoms with Crippen molar-refractivity contribution in [2.24, 2.45) is 13.0 Å². The van der Waals surface area contributed by atoms with Crippen molar-refractivity contribution in [3.05, 3.63) is 26.6 Å². The number of fused-ring (bicyclic) bond motifs is 5. The van der Waals surface area contributed by atoms with Crippen LogP contribution in [0.25, 0.3) is 16.0 Å². The minimum absolute atomic E-state index is 0.0620. The molecule has 0 saturated heterocycles. The Balaban J connectivity index is 2.24. The molecule has 6 heteroatoms. The fourth-order valence-corrected chi connectivity index (χ4v) is 4.73. The highest BCUT2D eigenvalue weighted by atomic mass is 32.1. The molecule has 1 unspecified atom stereocenters. The predicted octanol–water partition coefficient (Wildman–Crippen LogP) is 2.08. The Morgan fingerprint density at radius 3 is 2.95 bits per heavy atom. The topological polar surface area (TPSA) is 52.2 Å². The first-order chi connectivity index (χ1) is 9.58. The lowest BCUT2D eigenvalue weighted by atomic mass is 9.89. The molecule has 0 saturated carbocycles. The Bertz CT molecular complexity index is 902. The smallest absolute Gasteiger partial charge is 0.263 e. The van der Waals surface area contributed by atoms with E-state index in [1.165, 1.54) is 16.9 Å². The minimum Gasteiger partial charge on any atom is -0.279 e. The number of thiophene rings is 1. The van der Waals surface area contributed by atoms with E-state index in [9.17, 15) is 4.79 Å². The van der Waals surface area contributed by atoms with Gasteiger partial charge in [0.15, 0.2) is 0 Å². The molecule has 3 heterocycles. The summed E-state index contributed by atoms with van der Waals surface area (Å²) in [5.41, 5.74) is 1.32. The van der Waals surface area contributed by atoms with Crippen LogP contribution in [0.2, 0.25) is 0 Å². The zero-order valence-corrected chi connectivity index (χ0v) is 12.6. The number of hydrogen-bond donors (Lipinski definition) is 0. The molecule has 1 aliphatic rings. The molecule has 0 bridgehead atoms. The number of aryl methyl sites for hydroxylation is 3. The van der Waals surface area contributed by atoms with Crippen LogP contribution in [0.5, 0.6) is 0 Å². The summed E-state index contributed by atoms with van der Waals surface area (Å²) in [5.74, 6) is 2.18. The molecule has 4 rings (SSSR count). The quantitative estimate of drug-likeness (QED) is 0.636. The largest absolute Gasteiger partial charge is 0.279 e. The summed E-state index contributed by atoms with van der Waals surface area (Å²) in [7, 11) is 1.78. The predicted molar refractivity (Wildman–Crippen MR) is 79.5 cm³/mol. The summed E-state index contributed by atoms with van der Waals surface area (Å²) in [6.45, 7) is 4.22. The first-order valence-corrected chi connectivity index (χ1v) is 7.74. The van der Waals surface area contributed by atoms with Gasteiger partial charge in [0.05, 0.1) is 5.39 Å². The molecule has 5 nitrogen and oxygen atoms in total. The highest BCUT2D eigenvalue weighted by molar-refractivity contribution is 7.18. The molecule has 0 fully saturated rings. The summed E-state index contributed by atoms with van der Waals surface area (Å²) >= 11 is 1.74. The van der Waals surface area contributed by atoms with Gasteiger partial charge >= 0.3 is 0 Å². The second-order valence-corrected chi connectivity index (χ2v) is 6.86. The number of aromatic nitrogens is 4. The molecule has 104 valence electrons. The van der Waals surface area contributed by atoms with Crippen molar-refractivity contribution in [1.82, 2.24) is 19.2 Å². The Kier molecular flexibility index (Phi) is 2.36. The van der Waals surface area contributed by atoms with Gasteiger partial charge < -0.3 is 0 Å². The van der Waals surface area contributed by atoms with Crippen molar-refractivity contribution in [1.29, 1.82) is 0 Å². The van der Waals surface area contributed by atoms with Crippen LogP contribution in [-0.4, -0.2) is 19.2 Å². The first kappa shape index (κ1) is 12.1. The lowest BCUT2D eigenvalue weighted by Crippen LogP contribution is -2.21. The average Bonchev–Trinajstić information content (AvgIpc) is 2.96. The summed E-state index contributed by atoms with van der Waals surface area (Å²) < 4.78 is 3.64. The molecule has 0 aliphatic heterocycles. The molecule has 3 aromatic heterocycles. The Morgan fingerprint density at radius 1 is 1.35 bits per heavy atom. The van der Waals surface area contributed by atoms with Crippen LogP contribution >= 0.6 is 11.3 Å². The van der Waals surface area contributed by atoms with E-state index in [1.54, 1.807) is 23.0 Å². The summed E-state index contributed by atoms with van der Waals surface area (Å²) in [5, 5.41) is 9.15. The minimum atomic E-state index is 0.0620. The molecule has 1 atom stereocenters. The van der Waals surface area contributed by atoms with Gasteiger partial charge in [-0.25, -0.2) is 0 Å². The summed E-state index contributed by atoms with van der Waals surface area (Å²) in [4.78, 5) is 15.0.